The molecule has 1 aromatic heterocycles. The van der Waals surface area contributed by atoms with Gasteiger partial charge in [0, 0.05) is 11.4 Å². The van der Waals surface area contributed by atoms with Gasteiger partial charge in [-0.15, -0.1) is 0 Å². The first kappa shape index (κ1) is 12.8. The highest BCUT2D eigenvalue weighted by atomic mass is 35.5. The van der Waals surface area contributed by atoms with Gasteiger partial charge in [-0.2, -0.15) is 0 Å². The maximum absolute atomic E-state index is 13.5. The Labute approximate surface area is 108 Å². The van der Waals surface area contributed by atoms with Crippen LogP contribution >= 0.6 is 11.6 Å². The molecule has 1 heterocycles. The first-order valence-electron chi connectivity index (χ1n) is 5.36. The van der Waals surface area contributed by atoms with E-state index in [0.29, 0.717) is 10.8 Å². The summed E-state index contributed by atoms with van der Waals surface area (Å²) in [5, 5.41) is 0.390. The van der Waals surface area contributed by atoms with Crippen molar-refractivity contribution in [1.82, 2.24) is 0 Å². The van der Waals surface area contributed by atoms with Crippen LogP contribution in [0.4, 0.5) is 4.39 Å². The maximum atomic E-state index is 13.5. The summed E-state index contributed by atoms with van der Waals surface area (Å²) in [6.45, 7) is 0.221. The first-order valence-corrected chi connectivity index (χ1v) is 5.74. The fourth-order valence-electron chi connectivity index (χ4n) is 1.58. The van der Waals surface area contributed by atoms with E-state index in [9.17, 15) is 9.18 Å². The van der Waals surface area contributed by atoms with Crippen molar-refractivity contribution < 1.29 is 13.6 Å². The van der Waals surface area contributed by atoms with Gasteiger partial charge in [0.05, 0.1) is 6.54 Å². The molecule has 0 aliphatic rings. The Kier molecular flexibility index (Phi) is 3.79. The number of ketones is 1. The number of halogens is 2. The van der Waals surface area contributed by atoms with Gasteiger partial charge in [0.1, 0.15) is 11.6 Å². The topological polar surface area (TPSA) is 56.2 Å². The number of hydrogen-bond acceptors (Lipinski definition) is 3. The van der Waals surface area contributed by atoms with Crippen LogP contribution in [-0.2, 0) is 13.0 Å². The third-order valence-corrected chi connectivity index (χ3v) is 2.73. The lowest BCUT2D eigenvalue weighted by Gasteiger charge is -2.02. The van der Waals surface area contributed by atoms with Crippen molar-refractivity contribution in [3.63, 3.8) is 0 Å². The predicted octanol–water partition coefficient (Wildman–Crippen LogP) is 2.96. The van der Waals surface area contributed by atoms with Crippen molar-refractivity contribution in [2.45, 2.75) is 13.0 Å². The molecule has 2 N–H and O–H groups in total. The van der Waals surface area contributed by atoms with E-state index < -0.39 is 5.82 Å². The minimum absolute atomic E-state index is 0.0933. The number of carbonyl (C=O) groups excluding carboxylic acids is 1. The summed E-state index contributed by atoms with van der Waals surface area (Å²) < 4.78 is 18.7. The molecular formula is C13H11ClFNO2. The monoisotopic (exact) mass is 267 g/mol. The SMILES string of the molecule is NCc1ccc(C(=O)Cc2cc(Cl)ccc2F)o1. The Bertz CT molecular complexity index is 580. The second-order valence-electron chi connectivity index (χ2n) is 3.81. The molecule has 0 unspecified atom stereocenters. The van der Waals surface area contributed by atoms with Crippen molar-refractivity contribution in [3.05, 3.63) is 58.3 Å². The summed E-state index contributed by atoms with van der Waals surface area (Å²) in [5.41, 5.74) is 5.63. The molecule has 0 spiro atoms. The van der Waals surface area contributed by atoms with E-state index in [1.165, 1.54) is 24.3 Å². The summed E-state index contributed by atoms with van der Waals surface area (Å²) in [4.78, 5) is 11.9. The van der Waals surface area contributed by atoms with Gasteiger partial charge in [-0.25, -0.2) is 4.39 Å². The molecule has 2 rings (SSSR count). The van der Waals surface area contributed by atoms with Crippen LogP contribution in [-0.4, -0.2) is 5.78 Å². The van der Waals surface area contributed by atoms with Crippen LogP contribution in [0, 0.1) is 5.82 Å². The van der Waals surface area contributed by atoms with Crippen LogP contribution in [0.25, 0.3) is 0 Å². The number of furan rings is 1. The normalized spacial score (nSPS) is 10.6. The number of benzene rings is 1. The van der Waals surface area contributed by atoms with Crippen LogP contribution in [0.3, 0.4) is 0 Å². The zero-order valence-corrected chi connectivity index (χ0v) is 10.2. The van der Waals surface area contributed by atoms with Gasteiger partial charge in [0.25, 0.3) is 0 Å². The third kappa shape index (κ3) is 2.78. The molecule has 0 amide bonds. The summed E-state index contributed by atoms with van der Waals surface area (Å²) >= 11 is 5.75. The lowest BCUT2D eigenvalue weighted by Crippen LogP contribution is -2.04. The number of Topliss-reactive ketones (excluding diaryl/α,β-unsaturated/α-hetero) is 1. The highest BCUT2D eigenvalue weighted by Gasteiger charge is 2.14. The predicted molar refractivity (Wildman–Crippen MR) is 66.0 cm³/mol. The molecule has 3 nitrogen and oxygen atoms in total. The van der Waals surface area contributed by atoms with Crippen LogP contribution < -0.4 is 5.73 Å². The number of carbonyl (C=O) groups is 1. The van der Waals surface area contributed by atoms with E-state index in [-0.39, 0.29) is 30.1 Å². The second-order valence-corrected chi connectivity index (χ2v) is 4.24. The summed E-state index contributed by atoms with van der Waals surface area (Å²) in [5.74, 6) is -0.0750. The average molecular weight is 268 g/mol. The van der Waals surface area contributed by atoms with Gasteiger partial charge in [-0.1, -0.05) is 11.6 Å². The molecule has 0 saturated heterocycles. The van der Waals surface area contributed by atoms with E-state index in [0.717, 1.165) is 0 Å². The van der Waals surface area contributed by atoms with E-state index in [4.69, 9.17) is 21.8 Å². The minimum Gasteiger partial charge on any atom is -0.457 e. The van der Waals surface area contributed by atoms with Crippen LogP contribution in [0.2, 0.25) is 5.02 Å². The lowest BCUT2D eigenvalue weighted by molar-refractivity contribution is 0.0963. The zero-order chi connectivity index (χ0) is 13.1. The number of rotatable bonds is 4. The van der Waals surface area contributed by atoms with Crippen molar-refractivity contribution in [3.8, 4) is 0 Å². The Morgan fingerprint density at radius 2 is 2.11 bits per heavy atom. The van der Waals surface area contributed by atoms with Crippen molar-refractivity contribution in [1.29, 1.82) is 0 Å². The molecule has 2 aromatic rings. The van der Waals surface area contributed by atoms with Gasteiger partial charge < -0.3 is 10.2 Å². The standard InChI is InChI=1S/C13H11ClFNO2/c14-9-1-3-11(15)8(5-9)6-12(17)13-4-2-10(7-16)18-13/h1-5H,6-7,16H2. The molecule has 0 fully saturated rings. The molecule has 94 valence electrons. The lowest BCUT2D eigenvalue weighted by atomic mass is 10.1. The van der Waals surface area contributed by atoms with E-state index in [1.54, 1.807) is 6.07 Å². The molecule has 18 heavy (non-hydrogen) atoms. The van der Waals surface area contributed by atoms with Crippen LogP contribution in [0.1, 0.15) is 21.9 Å². The van der Waals surface area contributed by atoms with Crippen molar-refractivity contribution in [2.24, 2.45) is 5.73 Å². The molecule has 0 aliphatic heterocycles. The van der Waals surface area contributed by atoms with Gasteiger partial charge >= 0.3 is 0 Å². The Hall–Kier alpha value is -1.65. The molecule has 1 aromatic carbocycles. The largest absolute Gasteiger partial charge is 0.457 e. The molecule has 0 aliphatic carbocycles. The maximum Gasteiger partial charge on any atom is 0.202 e. The highest BCUT2D eigenvalue weighted by Crippen LogP contribution is 2.18. The van der Waals surface area contributed by atoms with Gasteiger partial charge in [0.2, 0.25) is 5.78 Å². The second kappa shape index (κ2) is 5.33. The van der Waals surface area contributed by atoms with Crippen molar-refractivity contribution >= 4 is 17.4 Å². The summed E-state index contributed by atoms with van der Waals surface area (Å²) in [6, 6.07) is 7.26. The van der Waals surface area contributed by atoms with E-state index in [1.807, 2.05) is 0 Å². The van der Waals surface area contributed by atoms with Gasteiger partial charge in [0.15, 0.2) is 5.76 Å². The zero-order valence-electron chi connectivity index (χ0n) is 9.45. The molecule has 5 heteroatoms. The van der Waals surface area contributed by atoms with Crippen LogP contribution in [0.15, 0.2) is 34.7 Å². The first-order chi connectivity index (χ1) is 8.60. The molecule has 0 saturated carbocycles. The molecule has 0 radical (unpaired) electrons. The minimum atomic E-state index is -0.460. The fourth-order valence-corrected chi connectivity index (χ4v) is 1.77. The van der Waals surface area contributed by atoms with Crippen molar-refractivity contribution in [2.75, 3.05) is 0 Å². The fraction of sp³-hybridized carbons (Fsp3) is 0.154. The van der Waals surface area contributed by atoms with E-state index in [2.05, 4.69) is 0 Å². The van der Waals surface area contributed by atoms with Gasteiger partial charge in [-0.05, 0) is 35.9 Å². The molecular weight excluding hydrogens is 257 g/mol. The summed E-state index contributed by atoms with van der Waals surface area (Å²) in [7, 11) is 0. The quantitative estimate of drug-likeness (QED) is 0.867. The number of nitrogens with two attached hydrogens (primary N) is 1. The van der Waals surface area contributed by atoms with Gasteiger partial charge in [-0.3, -0.25) is 4.79 Å². The average Bonchev–Trinajstić information content (AvgIpc) is 2.82. The Morgan fingerprint density at radius 1 is 1.33 bits per heavy atom. The molecule has 0 bridgehead atoms. The number of hydrogen-bond donors (Lipinski definition) is 1. The third-order valence-electron chi connectivity index (χ3n) is 2.50. The Morgan fingerprint density at radius 3 is 2.78 bits per heavy atom. The summed E-state index contributed by atoms with van der Waals surface area (Å²) in [6.07, 6.45) is -0.0933. The highest BCUT2D eigenvalue weighted by molar-refractivity contribution is 6.30. The molecule has 0 atom stereocenters. The Balaban J connectivity index is 2.18. The smallest absolute Gasteiger partial charge is 0.202 e. The van der Waals surface area contributed by atoms with Crippen LogP contribution in [0.5, 0.6) is 0 Å². The van der Waals surface area contributed by atoms with E-state index >= 15 is 0 Å².